The summed E-state index contributed by atoms with van der Waals surface area (Å²) in [6.07, 6.45) is 7.00. The molecule has 426 valence electrons. The molecule has 4 aliphatic carbocycles. The van der Waals surface area contributed by atoms with E-state index in [-0.39, 0.29) is 55.6 Å². The Hall–Kier alpha value is -6.78. The Balaban J connectivity index is 1.13. The molecule has 2 unspecified atom stereocenters. The molecule has 2 atom stereocenters. The Bertz CT molecular complexity index is 4140. The zero-order chi connectivity index (χ0) is 59.0. The molecule has 1 saturated carbocycles. The number of para-hydroxylation sites is 1. The summed E-state index contributed by atoms with van der Waals surface area (Å²) in [7, 11) is 0. The molecule has 3 aliphatic heterocycles. The Kier molecular flexibility index (Phi) is 10.9. The monoisotopic (exact) mass is 1100 g/mol. The van der Waals surface area contributed by atoms with Crippen LogP contribution >= 0.6 is 0 Å². The van der Waals surface area contributed by atoms with Gasteiger partial charge in [-0.2, -0.15) is 0 Å². The first kappa shape index (κ1) is 53.9. The third-order valence-corrected chi connectivity index (χ3v) is 23.4. The van der Waals surface area contributed by atoms with E-state index in [4.69, 9.17) is 0 Å². The van der Waals surface area contributed by atoms with Crippen molar-refractivity contribution in [2.24, 2.45) is 0 Å². The van der Waals surface area contributed by atoms with Gasteiger partial charge in [-0.05, 0) is 192 Å². The van der Waals surface area contributed by atoms with Crippen LogP contribution in [0.2, 0.25) is 0 Å². The SMILES string of the molecule is CC(C)(C)c1ccc(N2c3cc4c(cc3B3c5cc6c(cc5N(c5ccc7c(c5)C(C)(C)CC7(C)C)c5cc(N7c8ccccc8C8(C)CCCCC78C)cc2c53)C(C)(C)CC6(C)C)C(C)(C)c2ccccc2C4(C)C)c(-c2ccccc2)c1. The quantitative estimate of drug-likeness (QED) is 0.163. The van der Waals surface area contributed by atoms with Gasteiger partial charge in [0, 0.05) is 61.6 Å². The minimum atomic E-state index is -0.263. The smallest absolute Gasteiger partial charge is 0.252 e. The topological polar surface area (TPSA) is 9.72 Å². The predicted octanol–water partition coefficient (Wildman–Crippen LogP) is 19.4. The van der Waals surface area contributed by atoms with E-state index in [1.54, 1.807) is 0 Å². The van der Waals surface area contributed by atoms with Crippen molar-refractivity contribution in [2.75, 3.05) is 14.7 Å². The highest BCUT2D eigenvalue weighted by molar-refractivity contribution is 7.00. The zero-order valence-electron chi connectivity index (χ0n) is 53.6. The van der Waals surface area contributed by atoms with Gasteiger partial charge in [-0.25, -0.2) is 0 Å². The van der Waals surface area contributed by atoms with Crippen molar-refractivity contribution in [3.05, 3.63) is 207 Å². The number of hydrogen-bond donors (Lipinski definition) is 0. The summed E-state index contributed by atoms with van der Waals surface area (Å²) in [6, 6.07) is 61.5. The van der Waals surface area contributed by atoms with Crippen molar-refractivity contribution >= 4 is 68.6 Å². The Morgan fingerprint density at radius 2 is 0.893 bits per heavy atom. The van der Waals surface area contributed by atoms with Gasteiger partial charge < -0.3 is 14.7 Å². The first-order valence-corrected chi connectivity index (χ1v) is 32.0. The summed E-state index contributed by atoms with van der Waals surface area (Å²) < 4.78 is 0. The predicted molar refractivity (Wildman–Crippen MR) is 359 cm³/mol. The van der Waals surface area contributed by atoms with E-state index >= 15 is 0 Å². The highest BCUT2D eigenvalue weighted by Gasteiger charge is 2.59. The summed E-state index contributed by atoms with van der Waals surface area (Å²) in [6.45, 7) is 42.2. The Morgan fingerprint density at radius 1 is 0.381 bits per heavy atom. The van der Waals surface area contributed by atoms with Crippen LogP contribution in [0.1, 0.15) is 212 Å². The Morgan fingerprint density at radius 3 is 1.54 bits per heavy atom. The fourth-order valence-corrected chi connectivity index (χ4v) is 19.3. The van der Waals surface area contributed by atoms with Crippen LogP contribution in [0.5, 0.6) is 0 Å². The maximum atomic E-state index is 2.85. The van der Waals surface area contributed by atoms with Crippen LogP contribution in [0.4, 0.5) is 45.5 Å². The number of fused-ring (bicyclic) bond motifs is 11. The van der Waals surface area contributed by atoms with Crippen LogP contribution in [0, 0.1) is 0 Å². The average Bonchev–Trinajstić information content (AvgIpc) is 0.973. The van der Waals surface area contributed by atoms with Gasteiger partial charge in [-0.15, -0.1) is 0 Å². The molecule has 3 nitrogen and oxygen atoms in total. The molecule has 3 heterocycles. The molecule has 4 heteroatoms. The summed E-state index contributed by atoms with van der Waals surface area (Å²) >= 11 is 0. The van der Waals surface area contributed by atoms with Crippen molar-refractivity contribution in [2.45, 2.75) is 205 Å². The molecule has 0 saturated heterocycles. The minimum absolute atomic E-state index is 0.00539. The second-order valence-corrected chi connectivity index (χ2v) is 32.3. The van der Waals surface area contributed by atoms with Gasteiger partial charge in [0.1, 0.15) is 0 Å². The van der Waals surface area contributed by atoms with Gasteiger partial charge in [-0.1, -0.05) is 221 Å². The fourth-order valence-electron chi connectivity index (χ4n) is 19.3. The summed E-state index contributed by atoms with van der Waals surface area (Å²) in [4.78, 5) is 8.43. The van der Waals surface area contributed by atoms with Gasteiger partial charge in [0.05, 0.1) is 11.2 Å². The van der Waals surface area contributed by atoms with E-state index in [1.807, 2.05) is 0 Å². The van der Waals surface area contributed by atoms with Crippen molar-refractivity contribution in [1.29, 1.82) is 0 Å². The molecular weight excluding hydrogens is 1010 g/mol. The van der Waals surface area contributed by atoms with Crippen LogP contribution in [-0.2, 0) is 43.3 Å². The van der Waals surface area contributed by atoms with Crippen molar-refractivity contribution in [3.63, 3.8) is 0 Å². The van der Waals surface area contributed by atoms with E-state index in [0.29, 0.717) is 0 Å². The van der Waals surface area contributed by atoms with Crippen LogP contribution < -0.4 is 31.1 Å². The molecule has 84 heavy (non-hydrogen) atoms. The molecule has 7 aliphatic rings. The lowest BCUT2D eigenvalue weighted by Crippen LogP contribution is -2.62. The molecule has 0 aromatic heterocycles. The van der Waals surface area contributed by atoms with Gasteiger partial charge in [0.25, 0.3) is 6.71 Å². The van der Waals surface area contributed by atoms with Gasteiger partial charge >= 0.3 is 0 Å². The third-order valence-electron chi connectivity index (χ3n) is 23.4. The first-order chi connectivity index (χ1) is 39.5. The second kappa shape index (κ2) is 17.0. The highest BCUT2D eigenvalue weighted by atomic mass is 15.3. The maximum Gasteiger partial charge on any atom is 0.252 e. The molecule has 0 bridgehead atoms. The normalized spacial score (nSPS) is 23.3. The first-order valence-electron chi connectivity index (χ1n) is 32.0. The largest absolute Gasteiger partial charge is 0.334 e. The summed E-state index contributed by atoms with van der Waals surface area (Å²) in [5.74, 6) is 0. The van der Waals surface area contributed by atoms with Crippen molar-refractivity contribution in [1.82, 2.24) is 0 Å². The van der Waals surface area contributed by atoms with Crippen molar-refractivity contribution < 1.29 is 0 Å². The van der Waals surface area contributed by atoms with Crippen molar-refractivity contribution in [3.8, 4) is 11.1 Å². The van der Waals surface area contributed by atoms with E-state index < -0.39 is 0 Å². The fraction of sp³-hybridized carbons (Fsp3) is 0.400. The van der Waals surface area contributed by atoms with Crippen LogP contribution in [0.3, 0.4) is 0 Å². The summed E-state index contributed by atoms with van der Waals surface area (Å²) in [5.41, 5.74) is 30.8. The molecule has 0 N–H and O–H groups in total. The number of hydrogen-bond acceptors (Lipinski definition) is 3. The number of nitrogens with zero attached hydrogens (tertiary/aromatic N) is 3. The third kappa shape index (κ3) is 7.12. The standard InChI is InChI=1S/C80H88BN3/c1-72(2,3)50-33-36-65(53(39-50)49-27-19-18-20-28-49)83-68-46-62-61(77(12,13)55-29-21-22-30-56(55)78(62,14)15)44-64(68)81-63-43-59-60(76(10,11)48-75(59,8)9)45-67(63)82(51-34-35-54-58(40-51)74(6,7)47-73(54,4)5)69-41-52(42-70(83)71(69)81)84-66-32-24-23-31-57(66)79(16)37-25-26-38-80(79,84)17/h18-24,27-36,39-46H,25-26,37-38,47-48H2,1-17H3. The van der Waals surface area contributed by atoms with Crippen LogP contribution in [0.25, 0.3) is 11.1 Å². The molecular formula is C80H88BN3. The van der Waals surface area contributed by atoms with Gasteiger partial charge in [0.15, 0.2) is 0 Å². The number of anilines is 8. The van der Waals surface area contributed by atoms with Crippen LogP contribution in [-0.4, -0.2) is 12.3 Å². The van der Waals surface area contributed by atoms with Gasteiger partial charge in [0.2, 0.25) is 0 Å². The van der Waals surface area contributed by atoms with E-state index in [9.17, 15) is 0 Å². The number of benzene rings is 8. The molecule has 0 radical (unpaired) electrons. The lowest BCUT2D eigenvalue weighted by Gasteiger charge is -2.51. The molecule has 8 aromatic rings. The summed E-state index contributed by atoms with van der Waals surface area (Å²) in [5, 5.41) is 0. The zero-order valence-corrected chi connectivity index (χ0v) is 53.6. The Labute approximate surface area is 504 Å². The van der Waals surface area contributed by atoms with Crippen LogP contribution in [0.15, 0.2) is 152 Å². The minimum Gasteiger partial charge on any atom is -0.334 e. The maximum absolute atomic E-state index is 2.85. The van der Waals surface area contributed by atoms with Gasteiger partial charge in [-0.3, -0.25) is 0 Å². The van der Waals surface area contributed by atoms with E-state index in [0.717, 1.165) is 19.3 Å². The van der Waals surface area contributed by atoms with E-state index in [1.165, 1.54) is 148 Å². The molecule has 0 spiro atoms. The average molecular weight is 1100 g/mol. The lowest BCUT2D eigenvalue weighted by atomic mass is 9.32. The second-order valence-electron chi connectivity index (χ2n) is 32.3. The lowest BCUT2D eigenvalue weighted by molar-refractivity contribution is 0.195. The highest BCUT2D eigenvalue weighted by Crippen LogP contribution is 2.63. The van der Waals surface area contributed by atoms with E-state index in [2.05, 4.69) is 284 Å². The molecule has 1 fully saturated rings. The molecule has 15 rings (SSSR count). The molecule has 8 aromatic carbocycles. The number of rotatable bonds is 4. The molecule has 0 amide bonds.